The molecule has 0 spiro atoms. The van der Waals surface area contributed by atoms with Gasteiger partial charge in [-0.05, 0) is 70.6 Å². The van der Waals surface area contributed by atoms with Crippen LogP contribution >= 0.6 is 7.82 Å². The molecular weight excluding hydrogens is 774 g/mol. The summed E-state index contributed by atoms with van der Waals surface area (Å²) in [6.07, 6.45) is 53.2. The number of unbranched alkanes of at least 4 members (excludes halogenated alkanes) is 28. The lowest BCUT2D eigenvalue weighted by Crippen LogP contribution is -2.29. The van der Waals surface area contributed by atoms with Gasteiger partial charge < -0.3 is 20.1 Å². The van der Waals surface area contributed by atoms with Crippen LogP contribution in [-0.4, -0.2) is 49.3 Å². The summed E-state index contributed by atoms with van der Waals surface area (Å²) in [4.78, 5) is 35.0. The minimum atomic E-state index is -4.38. The number of allylic oxidation sites excluding steroid dienone is 6. The second-order valence-electron chi connectivity index (χ2n) is 16.7. The average molecular weight is 868 g/mol. The number of phosphoric acid groups is 1. The average Bonchev–Trinajstić information content (AvgIpc) is 3.24. The normalized spacial score (nSPS) is 13.5. The van der Waals surface area contributed by atoms with Gasteiger partial charge in [-0.25, -0.2) is 4.57 Å². The van der Waals surface area contributed by atoms with Gasteiger partial charge in [0, 0.05) is 19.4 Å². The Balaban J connectivity index is 4.07. The fourth-order valence-corrected chi connectivity index (χ4v) is 7.78. The van der Waals surface area contributed by atoms with E-state index in [-0.39, 0.29) is 38.6 Å². The number of hydrogen-bond acceptors (Lipinski definition) is 8. The minimum Gasteiger partial charge on any atom is -0.462 e. The van der Waals surface area contributed by atoms with Crippen LogP contribution in [0.4, 0.5) is 0 Å². The van der Waals surface area contributed by atoms with Gasteiger partial charge in [0.2, 0.25) is 0 Å². The summed E-state index contributed by atoms with van der Waals surface area (Å²) in [5.74, 6) is -0.831. The van der Waals surface area contributed by atoms with E-state index >= 15 is 0 Å². The highest BCUT2D eigenvalue weighted by Gasteiger charge is 2.26. The van der Waals surface area contributed by atoms with E-state index in [1.165, 1.54) is 141 Å². The van der Waals surface area contributed by atoms with Gasteiger partial charge >= 0.3 is 19.8 Å². The first-order valence-corrected chi connectivity index (χ1v) is 26.5. The third kappa shape index (κ3) is 45.7. The highest BCUT2D eigenvalue weighted by molar-refractivity contribution is 7.47. The van der Waals surface area contributed by atoms with E-state index in [9.17, 15) is 19.0 Å². The summed E-state index contributed by atoms with van der Waals surface area (Å²) < 4.78 is 32.9. The smallest absolute Gasteiger partial charge is 0.462 e. The predicted molar refractivity (Wildman–Crippen MR) is 252 cm³/mol. The third-order valence-corrected chi connectivity index (χ3v) is 11.7. The van der Waals surface area contributed by atoms with Crippen LogP contribution in [0.2, 0.25) is 0 Å². The second kappa shape index (κ2) is 46.7. The van der Waals surface area contributed by atoms with Crippen LogP contribution in [0.5, 0.6) is 0 Å². The molecule has 0 fully saturated rings. The van der Waals surface area contributed by atoms with Crippen molar-refractivity contribution in [1.82, 2.24) is 0 Å². The van der Waals surface area contributed by atoms with Gasteiger partial charge in [0.1, 0.15) is 6.61 Å². The van der Waals surface area contributed by atoms with E-state index in [2.05, 4.69) is 50.3 Å². The molecule has 0 aromatic carbocycles. The summed E-state index contributed by atoms with van der Waals surface area (Å²) in [5.41, 5.74) is 5.36. The lowest BCUT2D eigenvalue weighted by Gasteiger charge is -2.19. The molecule has 0 aromatic rings. The topological polar surface area (TPSA) is 134 Å². The quantitative estimate of drug-likeness (QED) is 0.0265. The predicted octanol–water partition coefficient (Wildman–Crippen LogP) is 14.9. The zero-order valence-corrected chi connectivity index (χ0v) is 39.8. The molecule has 0 saturated carbocycles. The molecule has 3 N–H and O–H groups in total. The van der Waals surface area contributed by atoms with Gasteiger partial charge in [-0.2, -0.15) is 0 Å². The second-order valence-corrected chi connectivity index (χ2v) is 18.1. The lowest BCUT2D eigenvalue weighted by atomic mass is 10.1. The Labute approximate surface area is 369 Å². The first-order chi connectivity index (χ1) is 29.3. The summed E-state index contributed by atoms with van der Waals surface area (Å²) in [5, 5.41) is 0. The van der Waals surface area contributed by atoms with E-state index in [1.807, 2.05) is 0 Å². The van der Waals surface area contributed by atoms with E-state index in [1.54, 1.807) is 0 Å². The lowest BCUT2D eigenvalue weighted by molar-refractivity contribution is -0.161. The van der Waals surface area contributed by atoms with Crippen molar-refractivity contribution in [2.45, 2.75) is 245 Å². The summed E-state index contributed by atoms with van der Waals surface area (Å²) >= 11 is 0. The fourth-order valence-electron chi connectivity index (χ4n) is 7.01. The van der Waals surface area contributed by atoms with E-state index < -0.39 is 26.5 Å². The molecule has 0 amide bonds. The molecule has 2 unspecified atom stereocenters. The summed E-state index contributed by atoms with van der Waals surface area (Å²) in [7, 11) is -4.38. The Kier molecular flexibility index (Phi) is 45.3. The third-order valence-electron chi connectivity index (χ3n) is 10.7. The number of carbonyl (C=O) groups excluding carboxylic acids is 2. The zero-order chi connectivity index (χ0) is 43.9. The van der Waals surface area contributed by atoms with Gasteiger partial charge in [-0.1, -0.05) is 192 Å². The van der Waals surface area contributed by atoms with Gasteiger partial charge in [0.15, 0.2) is 6.10 Å². The van der Waals surface area contributed by atoms with Crippen molar-refractivity contribution >= 4 is 19.8 Å². The summed E-state index contributed by atoms with van der Waals surface area (Å²) in [6, 6.07) is 0. The van der Waals surface area contributed by atoms with E-state index in [0.29, 0.717) is 6.42 Å². The maximum absolute atomic E-state index is 12.6. The van der Waals surface area contributed by atoms with Crippen LogP contribution in [0.25, 0.3) is 0 Å². The van der Waals surface area contributed by atoms with Gasteiger partial charge in [-0.3, -0.25) is 18.6 Å². The molecule has 0 aliphatic heterocycles. The molecule has 352 valence electrons. The number of hydrogen-bond donors (Lipinski definition) is 2. The van der Waals surface area contributed by atoms with Crippen LogP contribution < -0.4 is 5.73 Å². The van der Waals surface area contributed by atoms with Gasteiger partial charge in [0.05, 0.1) is 13.2 Å². The van der Waals surface area contributed by atoms with Crippen molar-refractivity contribution in [3.8, 4) is 0 Å². The molecule has 0 heterocycles. The molecule has 0 radical (unpaired) electrons. The molecule has 0 saturated heterocycles. The maximum atomic E-state index is 12.6. The van der Waals surface area contributed by atoms with Crippen molar-refractivity contribution in [3.63, 3.8) is 0 Å². The van der Waals surface area contributed by atoms with Crippen LogP contribution in [0, 0.1) is 0 Å². The van der Waals surface area contributed by atoms with Crippen LogP contribution in [0.15, 0.2) is 36.5 Å². The van der Waals surface area contributed by atoms with Gasteiger partial charge in [0.25, 0.3) is 0 Å². The van der Waals surface area contributed by atoms with Crippen molar-refractivity contribution in [2.75, 3.05) is 26.4 Å². The monoisotopic (exact) mass is 868 g/mol. The highest BCUT2D eigenvalue weighted by atomic mass is 31.2. The van der Waals surface area contributed by atoms with E-state index in [0.717, 1.165) is 64.2 Å². The molecule has 2 atom stereocenters. The zero-order valence-electron chi connectivity index (χ0n) is 38.9. The molecule has 0 bridgehead atoms. The maximum Gasteiger partial charge on any atom is 0.472 e. The highest BCUT2D eigenvalue weighted by Crippen LogP contribution is 2.43. The number of nitrogens with two attached hydrogens (primary N) is 1. The van der Waals surface area contributed by atoms with Crippen molar-refractivity contribution in [2.24, 2.45) is 5.73 Å². The van der Waals surface area contributed by atoms with Crippen LogP contribution in [-0.2, 0) is 32.7 Å². The Bertz CT molecular complexity index is 1080. The molecule has 10 heteroatoms. The number of ether oxygens (including phenoxy) is 2. The summed E-state index contributed by atoms with van der Waals surface area (Å²) in [6.45, 7) is 3.74. The van der Waals surface area contributed by atoms with Crippen molar-refractivity contribution < 1.29 is 37.6 Å². The first-order valence-electron chi connectivity index (χ1n) is 25.0. The van der Waals surface area contributed by atoms with E-state index in [4.69, 9.17) is 24.3 Å². The number of phosphoric ester groups is 1. The molecule has 60 heavy (non-hydrogen) atoms. The number of esters is 2. The fraction of sp³-hybridized carbons (Fsp3) is 0.840. The minimum absolute atomic E-state index is 0.0522. The first kappa shape index (κ1) is 58.2. The molecule has 0 aromatic heterocycles. The van der Waals surface area contributed by atoms with Crippen molar-refractivity contribution in [1.29, 1.82) is 0 Å². The van der Waals surface area contributed by atoms with Crippen molar-refractivity contribution in [3.05, 3.63) is 36.5 Å². The molecule has 9 nitrogen and oxygen atoms in total. The standard InChI is InChI=1S/C50H94NO8P/c1-3-5-7-9-11-13-15-17-19-21-23-24-25-27-29-31-33-35-37-39-41-43-50(53)59-48(47-58-60(54,55)57-45-44-51)46-56-49(52)42-40-38-36-34-32-30-28-26-22-20-18-16-14-12-10-8-6-4-2/h15,17,20-23,48H,3-14,16,18-19,24-47,51H2,1-2H3,(H,54,55)/b17-15-,22-20-,23-21-. The Hall–Kier alpha value is -1.77. The Morgan fingerprint density at radius 3 is 1.28 bits per heavy atom. The van der Waals surface area contributed by atoms with Crippen LogP contribution in [0.1, 0.15) is 239 Å². The van der Waals surface area contributed by atoms with Gasteiger partial charge in [-0.15, -0.1) is 0 Å². The molecule has 0 rings (SSSR count). The Morgan fingerprint density at radius 2 is 0.867 bits per heavy atom. The Morgan fingerprint density at radius 1 is 0.500 bits per heavy atom. The molecule has 0 aliphatic rings. The van der Waals surface area contributed by atoms with Crippen LogP contribution in [0.3, 0.4) is 0 Å². The largest absolute Gasteiger partial charge is 0.472 e. The molecular formula is C50H94NO8P. The number of carbonyl (C=O) groups is 2. The SMILES string of the molecule is CCCCCCC/C=C\C/C=C\CCCCCCCCCCCC(=O)OC(COC(=O)CCCCCCCCC/C=C\CCCCCCCCC)COP(=O)(O)OCCN. The number of rotatable bonds is 47. The molecule has 0 aliphatic carbocycles.